The minimum Gasteiger partial charge on any atom is -0.229 e. The zero-order chi connectivity index (χ0) is 9.97. The monoisotopic (exact) mass is 267 g/mol. The van der Waals surface area contributed by atoms with E-state index in [1.807, 2.05) is 18.2 Å². The van der Waals surface area contributed by atoms with Gasteiger partial charge in [0.15, 0.2) is 0 Å². The van der Waals surface area contributed by atoms with Gasteiger partial charge in [-0.05, 0) is 22.4 Å². The summed E-state index contributed by atoms with van der Waals surface area (Å²) in [5, 5.41) is 1.09. The van der Waals surface area contributed by atoms with Crippen LogP contribution in [0.5, 0.6) is 0 Å². The van der Waals surface area contributed by atoms with Crippen LogP contribution in [0.2, 0.25) is 0 Å². The molecule has 0 fully saturated rings. The van der Waals surface area contributed by atoms with Crippen LogP contribution in [-0.2, 0) is 6.42 Å². The third-order valence-corrected chi connectivity index (χ3v) is 4.16. The van der Waals surface area contributed by atoms with E-state index in [9.17, 15) is 0 Å². The second-order valence-electron chi connectivity index (χ2n) is 2.95. The molecular formula is C11H10BrNS. The number of hydrogen-bond donors (Lipinski definition) is 0. The Labute approximate surface area is 95.9 Å². The molecule has 0 saturated carbocycles. The van der Waals surface area contributed by atoms with Gasteiger partial charge in [0.05, 0.1) is 0 Å². The molecule has 0 aliphatic carbocycles. The first-order valence-corrected chi connectivity index (χ1v) is 6.13. The molecule has 72 valence electrons. The Kier molecular flexibility index (Phi) is 2.99. The number of thiazole rings is 1. The standard InChI is InChI=1S/C11H10BrNS/c1-2-9-10(12)13-11(14-9)8-6-4-3-5-7-8/h3-7H,2H2,1H3. The van der Waals surface area contributed by atoms with Gasteiger partial charge in [0, 0.05) is 10.4 Å². The molecule has 0 radical (unpaired) electrons. The van der Waals surface area contributed by atoms with E-state index in [1.165, 1.54) is 10.4 Å². The average molecular weight is 268 g/mol. The van der Waals surface area contributed by atoms with E-state index < -0.39 is 0 Å². The van der Waals surface area contributed by atoms with Gasteiger partial charge in [-0.15, -0.1) is 11.3 Å². The normalized spacial score (nSPS) is 10.4. The maximum atomic E-state index is 4.49. The van der Waals surface area contributed by atoms with Gasteiger partial charge in [0.2, 0.25) is 0 Å². The molecule has 2 rings (SSSR count). The Morgan fingerprint density at radius 2 is 2.00 bits per heavy atom. The molecule has 0 aliphatic heterocycles. The van der Waals surface area contributed by atoms with E-state index in [2.05, 4.69) is 40.0 Å². The molecular weight excluding hydrogens is 258 g/mol. The molecule has 14 heavy (non-hydrogen) atoms. The van der Waals surface area contributed by atoms with Crippen molar-refractivity contribution in [2.75, 3.05) is 0 Å². The molecule has 1 aromatic heterocycles. The minimum atomic E-state index is 0.990. The van der Waals surface area contributed by atoms with Crippen molar-refractivity contribution in [3.63, 3.8) is 0 Å². The zero-order valence-electron chi connectivity index (χ0n) is 7.83. The Hall–Kier alpha value is -0.670. The highest BCUT2D eigenvalue weighted by atomic mass is 79.9. The van der Waals surface area contributed by atoms with Gasteiger partial charge >= 0.3 is 0 Å². The smallest absolute Gasteiger partial charge is 0.124 e. The molecule has 0 saturated heterocycles. The van der Waals surface area contributed by atoms with Gasteiger partial charge in [-0.25, -0.2) is 4.98 Å². The molecule has 0 spiro atoms. The lowest BCUT2D eigenvalue weighted by Gasteiger charge is -1.92. The molecule has 3 heteroatoms. The van der Waals surface area contributed by atoms with Crippen LogP contribution in [0.3, 0.4) is 0 Å². The minimum absolute atomic E-state index is 0.990. The fourth-order valence-corrected chi connectivity index (χ4v) is 2.97. The molecule has 0 N–H and O–H groups in total. The largest absolute Gasteiger partial charge is 0.229 e. The quantitative estimate of drug-likeness (QED) is 0.797. The first kappa shape index (κ1) is 9.87. The Morgan fingerprint density at radius 1 is 1.29 bits per heavy atom. The Bertz CT molecular complexity index is 422. The topological polar surface area (TPSA) is 12.9 Å². The number of aryl methyl sites for hydroxylation is 1. The van der Waals surface area contributed by atoms with E-state index in [4.69, 9.17) is 0 Å². The lowest BCUT2D eigenvalue weighted by Crippen LogP contribution is -1.74. The van der Waals surface area contributed by atoms with Crippen LogP contribution in [0.1, 0.15) is 11.8 Å². The molecule has 0 bridgehead atoms. The van der Waals surface area contributed by atoms with Crippen LogP contribution in [0.4, 0.5) is 0 Å². The first-order chi connectivity index (χ1) is 6.81. The maximum absolute atomic E-state index is 4.49. The Morgan fingerprint density at radius 3 is 2.57 bits per heavy atom. The summed E-state index contributed by atoms with van der Waals surface area (Å²) in [7, 11) is 0. The lowest BCUT2D eigenvalue weighted by atomic mass is 10.2. The van der Waals surface area contributed by atoms with Crippen molar-refractivity contribution in [3.8, 4) is 10.6 Å². The first-order valence-electron chi connectivity index (χ1n) is 4.52. The van der Waals surface area contributed by atoms with Crippen molar-refractivity contribution in [2.45, 2.75) is 13.3 Å². The summed E-state index contributed by atoms with van der Waals surface area (Å²) >= 11 is 5.23. The molecule has 1 aromatic carbocycles. The second-order valence-corrected chi connectivity index (χ2v) is 4.79. The Balaban J connectivity index is 2.43. The van der Waals surface area contributed by atoms with Crippen molar-refractivity contribution >= 4 is 27.3 Å². The van der Waals surface area contributed by atoms with Crippen molar-refractivity contribution in [1.82, 2.24) is 4.98 Å². The summed E-state index contributed by atoms with van der Waals surface area (Å²) < 4.78 is 0.990. The summed E-state index contributed by atoms with van der Waals surface area (Å²) in [6.07, 6.45) is 1.03. The number of aromatic nitrogens is 1. The van der Waals surface area contributed by atoms with Crippen molar-refractivity contribution in [3.05, 3.63) is 39.8 Å². The summed E-state index contributed by atoms with van der Waals surface area (Å²) in [5.41, 5.74) is 1.19. The van der Waals surface area contributed by atoms with Gasteiger partial charge < -0.3 is 0 Å². The molecule has 1 nitrogen and oxygen atoms in total. The van der Waals surface area contributed by atoms with E-state index in [1.54, 1.807) is 11.3 Å². The summed E-state index contributed by atoms with van der Waals surface area (Å²) in [4.78, 5) is 5.80. The van der Waals surface area contributed by atoms with Crippen molar-refractivity contribution in [1.29, 1.82) is 0 Å². The SMILES string of the molecule is CCc1sc(-c2ccccc2)nc1Br. The third-order valence-electron chi connectivity index (χ3n) is 1.99. The number of halogens is 1. The fourth-order valence-electron chi connectivity index (χ4n) is 1.26. The lowest BCUT2D eigenvalue weighted by molar-refractivity contribution is 1.15. The van der Waals surface area contributed by atoms with Crippen molar-refractivity contribution < 1.29 is 0 Å². The van der Waals surface area contributed by atoms with Crippen LogP contribution in [-0.4, -0.2) is 4.98 Å². The molecule has 0 unspecified atom stereocenters. The molecule has 0 amide bonds. The highest BCUT2D eigenvalue weighted by Gasteiger charge is 2.07. The molecule has 0 aliphatic rings. The van der Waals surface area contributed by atoms with E-state index in [0.717, 1.165) is 16.0 Å². The second kappa shape index (κ2) is 4.24. The van der Waals surface area contributed by atoms with Crippen LogP contribution in [0.15, 0.2) is 34.9 Å². The molecule has 2 aromatic rings. The predicted octanol–water partition coefficient (Wildman–Crippen LogP) is 4.14. The van der Waals surface area contributed by atoms with E-state index >= 15 is 0 Å². The van der Waals surface area contributed by atoms with Gasteiger partial charge in [-0.3, -0.25) is 0 Å². The number of rotatable bonds is 2. The van der Waals surface area contributed by atoms with Crippen molar-refractivity contribution in [2.24, 2.45) is 0 Å². The van der Waals surface area contributed by atoms with E-state index in [-0.39, 0.29) is 0 Å². The summed E-state index contributed by atoms with van der Waals surface area (Å²) in [5.74, 6) is 0. The zero-order valence-corrected chi connectivity index (χ0v) is 10.2. The number of benzene rings is 1. The maximum Gasteiger partial charge on any atom is 0.124 e. The third kappa shape index (κ3) is 1.88. The van der Waals surface area contributed by atoms with Gasteiger partial charge in [0.1, 0.15) is 9.61 Å². The summed E-state index contributed by atoms with van der Waals surface area (Å²) in [6, 6.07) is 10.3. The average Bonchev–Trinajstić information content (AvgIpc) is 2.61. The van der Waals surface area contributed by atoms with Crippen LogP contribution >= 0.6 is 27.3 Å². The summed E-state index contributed by atoms with van der Waals surface area (Å²) in [6.45, 7) is 2.15. The van der Waals surface area contributed by atoms with Gasteiger partial charge in [-0.1, -0.05) is 37.3 Å². The highest BCUT2D eigenvalue weighted by molar-refractivity contribution is 9.10. The number of nitrogens with zero attached hydrogens (tertiary/aromatic N) is 1. The van der Waals surface area contributed by atoms with Crippen LogP contribution in [0, 0.1) is 0 Å². The van der Waals surface area contributed by atoms with Crippen LogP contribution in [0.25, 0.3) is 10.6 Å². The predicted molar refractivity (Wildman–Crippen MR) is 64.6 cm³/mol. The number of hydrogen-bond acceptors (Lipinski definition) is 2. The van der Waals surface area contributed by atoms with E-state index in [0.29, 0.717) is 0 Å². The van der Waals surface area contributed by atoms with Crippen LogP contribution < -0.4 is 0 Å². The molecule has 1 heterocycles. The van der Waals surface area contributed by atoms with Gasteiger partial charge in [-0.2, -0.15) is 0 Å². The van der Waals surface area contributed by atoms with Gasteiger partial charge in [0.25, 0.3) is 0 Å². The highest BCUT2D eigenvalue weighted by Crippen LogP contribution is 2.30. The molecule has 0 atom stereocenters. The fraction of sp³-hybridized carbons (Fsp3) is 0.182.